The third kappa shape index (κ3) is 3.10. The summed E-state index contributed by atoms with van der Waals surface area (Å²) in [4.78, 5) is 0. The van der Waals surface area contributed by atoms with E-state index >= 15 is 0 Å². The van der Waals surface area contributed by atoms with Gasteiger partial charge in [0.2, 0.25) is 6.79 Å². The van der Waals surface area contributed by atoms with Crippen LogP contribution in [-0.4, -0.2) is 18.4 Å². The van der Waals surface area contributed by atoms with Crippen LogP contribution < -0.4 is 14.8 Å². The van der Waals surface area contributed by atoms with Gasteiger partial charge >= 0.3 is 0 Å². The highest BCUT2D eigenvalue weighted by Crippen LogP contribution is 2.35. The van der Waals surface area contributed by atoms with Crippen LogP contribution in [0.15, 0.2) is 40.9 Å². The van der Waals surface area contributed by atoms with E-state index in [0.717, 1.165) is 15.7 Å². The molecular formula is C15H13BrClNO3. The summed E-state index contributed by atoms with van der Waals surface area (Å²) in [5.41, 5.74) is 1.60. The molecule has 2 aromatic rings. The summed E-state index contributed by atoms with van der Waals surface area (Å²) in [6, 6.07) is 11.0. The van der Waals surface area contributed by atoms with E-state index in [1.807, 2.05) is 18.2 Å². The highest BCUT2D eigenvalue weighted by Gasteiger charge is 2.16. The van der Waals surface area contributed by atoms with Gasteiger partial charge in [0, 0.05) is 6.54 Å². The van der Waals surface area contributed by atoms with Crippen molar-refractivity contribution in [2.24, 2.45) is 0 Å². The second kappa shape index (κ2) is 6.13. The van der Waals surface area contributed by atoms with Gasteiger partial charge in [0.15, 0.2) is 11.5 Å². The molecule has 1 unspecified atom stereocenters. The lowest BCUT2D eigenvalue weighted by Crippen LogP contribution is -2.12. The van der Waals surface area contributed by atoms with Gasteiger partial charge in [-0.05, 0) is 45.8 Å². The van der Waals surface area contributed by atoms with Gasteiger partial charge in [-0.1, -0.05) is 23.7 Å². The normalized spacial score (nSPS) is 14.0. The molecule has 0 amide bonds. The minimum atomic E-state index is -0.662. The number of ether oxygens (including phenoxy) is 2. The highest BCUT2D eigenvalue weighted by atomic mass is 79.9. The fraction of sp³-hybridized carbons (Fsp3) is 0.200. The van der Waals surface area contributed by atoms with Crippen molar-refractivity contribution < 1.29 is 14.6 Å². The molecule has 1 atom stereocenters. The molecule has 4 nitrogen and oxygen atoms in total. The Labute approximate surface area is 135 Å². The second-order valence-corrected chi connectivity index (χ2v) is 5.81. The van der Waals surface area contributed by atoms with Crippen molar-refractivity contribution >= 4 is 33.2 Å². The first-order chi connectivity index (χ1) is 10.1. The van der Waals surface area contributed by atoms with E-state index in [0.29, 0.717) is 23.1 Å². The molecule has 110 valence electrons. The largest absolute Gasteiger partial charge is 0.454 e. The smallest absolute Gasteiger partial charge is 0.231 e. The Hall–Kier alpha value is -1.43. The molecule has 3 rings (SSSR count). The molecule has 0 bridgehead atoms. The fourth-order valence-electron chi connectivity index (χ4n) is 2.09. The summed E-state index contributed by atoms with van der Waals surface area (Å²) in [5.74, 6) is 1.37. The van der Waals surface area contributed by atoms with Crippen LogP contribution in [0.5, 0.6) is 11.5 Å². The maximum atomic E-state index is 10.3. The van der Waals surface area contributed by atoms with E-state index in [1.165, 1.54) is 0 Å². The zero-order chi connectivity index (χ0) is 14.8. The van der Waals surface area contributed by atoms with E-state index in [1.54, 1.807) is 18.2 Å². The topological polar surface area (TPSA) is 50.7 Å². The van der Waals surface area contributed by atoms with Crippen LogP contribution in [0.1, 0.15) is 11.7 Å². The quantitative estimate of drug-likeness (QED) is 0.855. The van der Waals surface area contributed by atoms with Crippen molar-refractivity contribution in [3.63, 3.8) is 0 Å². The zero-order valence-corrected chi connectivity index (χ0v) is 13.3. The van der Waals surface area contributed by atoms with Gasteiger partial charge in [-0.25, -0.2) is 0 Å². The Morgan fingerprint density at radius 3 is 2.90 bits per heavy atom. The maximum Gasteiger partial charge on any atom is 0.231 e. The Morgan fingerprint density at radius 2 is 2.05 bits per heavy atom. The zero-order valence-electron chi connectivity index (χ0n) is 11.0. The van der Waals surface area contributed by atoms with Gasteiger partial charge in [0.1, 0.15) is 0 Å². The van der Waals surface area contributed by atoms with Crippen LogP contribution in [0.3, 0.4) is 0 Å². The summed E-state index contributed by atoms with van der Waals surface area (Å²) in [7, 11) is 0. The highest BCUT2D eigenvalue weighted by molar-refractivity contribution is 9.10. The van der Waals surface area contributed by atoms with Gasteiger partial charge < -0.3 is 19.9 Å². The first-order valence-corrected chi connectivity index (χ1v) is 7.58. The van der Waals surface area contributed by atoms with E-state index in [-0.39, 0.29) is 6.79 Å². The first-order valence-electron chi connectivity index (χ1n) is 6.40. The van der Waals surface area contributed by atoms with Gasteiger partial charge in [-0.2, -0.15) is 0 Å². The minimum absolute atomic E-state index is 0.225. The fourth-order valence-corrected chi connectivity index (χ4v) is 2.66. The molecule has 0 saturated carbocycles. The van der Waals surface area contributed by atoms with Crippen molar-refractivity contribution in [2.75, 3.05) is 18.7 Å². The summed E-state index contributed by atoms with van der Waals surface area (Å²) in [6.45, 7) is 0.585. The summed E-state index contributed by atoms with van der Waals surface area (Å²) >= 11 is 9.44. The molecular weight excluding hydrogens is 358 g/mol. The predicted octanol–water partition coefficient (Wildman–Crippen LogP) is 3.98. The average molecular weight is 371 g/mol. The number of hydrogen-bond acceptors (Lipinski definition) is 4. The maximum absolute atomic E-state index is 10.3. The standard InChI is InChI=1S/C15H13BrClNO3/c16-15-10(17)2-1-3-11(15)18-7-12(19)9-4-5-13-14(6-9)21-8-20-13/h1-6,12,18-19H,7-8H2. The summed E-state index contributed by atoms with van der Waals surface area (Å²) in [6.07, 6.45) is -0.662. The molecule has 0 spiro atoms. The molecule has 0 saturated heterocycles. The lowest BCUT2D eigenvalue weighted by Gasteiger charge is -2.15. The van der Waals surface area contributed by atoms with E-state index in [9.17, 15) is 5.11 Å². The molecule has 0 aliphatic carbocycles. The number of rotatable bonds is 4. The Bertz CT molecular complexity index is 665. The monoisotopic (exact) mass is 369 g/mol. The van der Waals surface area contributed by atoms with Crippen molar-refractivity contribution in [2.45, 2.75) is 6.10 Å². The average Bonchev–Trinajstić information content (AvgIpc) is 2.96. The Kier molecular flexibility index (Phi) is 4.24. The number of fused-ring (bicyclic) bond motifs is 1. The number of aliphatic hydroxyl groups excluding tert-OH is 1. The molecule has 2 N–H and O–H groups in total. The van der Waals surface area contributed by atoms with Gasteiger partial charge in [-0.15, -0.1) is 0 Å². The number of hydrogen-bond donors (Lipinski definition) is 2. The molecule has 6 heteroatoms. The van der Waals surface area contributed by atoms with Gasteiger partial charge in [-0.3, -0.25) is 0 Å². The van der Waals surface area contributed by atoms with Crippen LogP contribution in [0.25, 0.3) is 0 Å². The van der Waals surface area contributed by atoms with Crippen LogP contribution in [-0.2, 0) is 0 Å². The van der Waals surface area contributed by atoms with Gasteiger partial charge in [0.25, 0.3) is 0 Å². The van der Waals surface area contributed by atoms with Crippen LogP contribution in [0.4, 0.5) is 5.69 Å². The number of aliphatic hydroxyl groups is 1. The molecule has 0 radical (unpaired) electrons. The van der Waals surface area contributed by atoms with Crippen molar-refractivity contribution in [3.05, 3.63) is 51.5 Å². The van der Waals surface area contributed by atoms with Crippen molar-refractivity contribution in [1.82, 2.24) is 0 Å². The molecule has 1 aliphatic heterocycles. The predicted molar refractivity (Wildman–Crippen MR) is 85.2 cm³/mol. The third-order valence-corrected chi connectivity index (χ3v) is 4.62. The van der Waals surface area contributed by atoms with E-state index in [2.05, 4.69) is 21.2 Å². The van der Waals surface area contributed by atoms with Crippen LogP contribution >= 0.6 is 27.5 Å². The Balaban J connectivity index is 1.69. The van der Waals surface area contributed by atoms with Crippen molar-refractivity contribution in [1.29, 1.82) is 0 Å². The summed E-state index contributed by atoms with van der Waals surface area (Å²) < 4.78 is 11.3. The molecule has 0 fully saturated rings. The number of anilines is 1. The lowest BCUT2D eigenvalue weighted by atomic mass is 10.1. The first kappa shape index (κ1) is 14.5. The minimum Gasteiger partial charge on any atom is -0.454 e. The van der Waals surface area contributed by atoms with E-state index in [4.69, 9.17) is 21.1 Å². The second-order valence-electron chi connectivity index (χ2n) is 4.61. The molecule has 2 aromatic carbocycles. The molecule has 21 heavy (non-hydrogen) atoms. The number of nitrogens with one attached hydrogen (secondary N) is 1. The van der Waals surface area contributed by atoms with Gasteiger partial charge in [0.05, 0.1) is 21.3 Å². The Morgan fingerprint density at radius 1 is 1.24 bits per heavy atom. The van der Waals surface area contributed by atoms with Crippen molar-refractivity contribution in [3.8, 4) is 11.5 Å². The van der Waals surface area contributed by atoms with E-state index < -0.39 is 6.10 Å². The lowest BCUT2D eigenvalue weighted by molar-refractivity contribution is 0.173. The number of benzene rings is 2. The summed E-state index contributed by atoms with van der Waals surface area (Å²) in [5, 5.41) is 14.1. The molecule has 0 aromatic heterocycles. The third-order valence-electron chi connectivity index (χ3n) is 3.22. The SMILES string of the molecule is OC(CNc1cccc(Cl)c1Br)c1ccc2c(c1)OCO2. The van der Waals surface area contributed by atoms with Crippen LogP contribution in [0, 0.1) is 0 Å². The molecule has 1 aliphatic rings. The molecule has 1 heterocycles. The number of halogens is 2. The van der Waals surface area contributed by atoms with Crippen LogP contribution in [0.2, 0.25) is 5.02 Å².